The summed E-state index contributed by atoms with van der Waals surface area (Å²) < 4.78 is 37.8. The summed E-state index contributed by atoms with van der Waals surface area (Å²) in [4.78, 5) is 10.6. The Morgan fingerprint density at radius 2 is 1.89 bits per heavy atom. The van der Waals surface area contributed by atoms with Crippen molar-refractivity contribution < 1.29 is 17.6 Å². The van der Waals surface area contributed by atoms with E-state index in [9.17, 15) is 17.6 Å². The first-order chi connectivity index (χ1) is 8.34. The van der Waals surface area contributed by atoms with E-state index in [1.165, 1.54) is 19.2 Å². The molecule has 7 heteroatoms. The quantitative estimate of drug-likeness (QED) is 0.829. The third-order valence-electron chi connectivity index (χ3n) is 2.42. The van der Waals surface area contributed by atoms with Gasteiger partial charge in [-0.15, -0.1) is 0 Å². The Kier molecular flexibility index (Phi) is 4.80. The van der Waals surface area contributed by atoms with Gasteiger partial charge in [-0.3, -0.25) is 4.79 Å². The van der Waals surface area contributed by atoms with Crippen molar-refractivity contribution >= 4 is 15.9 Å². The first kappa shape index (κ1) is 14.6. The summed E-state index contributed by atoms with van der Waals surface area (Å²) in [7, 11) is -2.24. The summed E-state index contributed by atoms with van der Waals surface area (Å²) in [5.74, 6) is -0.965. The summed E-state index contributed by atoms with van der Waals surface area (Å²) >= 11 is 0. The number of rotatable bonds is 6. The average Bonchev–Trinajstić information content (AvgIpc) is 2.28. The van der Waals surface area contributed by atoms with Crippen LogP contribution in [0, 0.1) is 5.82 Å². The first-order valence-corrected chi connectivity index (χ1v) is 6.78. The van der Waals surface area contributed by atoms with Crippen LogP contribution in [0.3, 0.4) is 0 Å². The van der Waals surface area contributed by atoms with E-state index >= 15 is 0 Å². The number of hydrogen-bond acceptors (Lipinski definition) is 3. The topological polar surface area (TPSA) is 80.5 Å². The summed E-state index contributed by atoms with van der Waals surface area (Å²) in [6.45, 7) is 0.183. The summed E-state index contributed by atoms with van der Waals surface area (Å²) in [6, 6.07) is 4.58. The minimum Gasteiger partial charge on any atom is -0.370 e. The molecule has 0 aliphatic rings. The molecule has 0 radical (unpaired) electrons. The molecule has 0 aliphatic heterocycles. The summed E-state index contributed by atoms with van der Waals surface area (Å²) in [5, 5.41) is 0. The molecule has 5 nitrogen and oxygen atoms in total. The zero-order valence-corrected chi connectivity index (χ0v) is 10.8. The highest BCUT2D eigenvalue weighted by Gasteiger charge is 2.20. The number of halogens is 1. The van der Waals surface area contributed by atoms with Gasteiger partial charge in [0.1, 0.15) is 5.82 Å². The molecule has 0 fully saturated rings. The smallest absolute Gasteiger partial charge is 0.242 e. The van der Waals surface area contributed by atoms with Crippen molar-refractivity contribution in [3.05, 3.63) is 30.1 Å². The minimum absolute atomic E-state index is 0.0190. The maximum atomic E-state index is 12.7. The van der Waals surface area contributed by atoms with Gasteiger partial charge in [-0.05, 0) is 30.7 Å². The molecule has 1 aromatic rings. The van der Waals surface area contributed by atoms with E-state index in [2.05, 4.69) is 0 Å². The molecule has 0 atom stereocenters. The van der Waals surface area contributed by atoms with Gasteiger partial charge in [0, 0.05) is 20.0 Å². The highest BCUT2D eigenvalue weighted by Crippen LogP contribution is 2.15. The molecule has 1 aromatic carbocycles. The third-order valence-corrected chi connectivity index (χ3v) is 4.29. The van der Waals surface area contributed by atoms with E-state index in [0.29, 0.717) is 6.42 Å². The molecular formula is C11H15FN2O3S. The monoisotopic (exact) mass is 274 g/mol. The van der Waals surface area contributed by atoms with E-state index in [0.717, 1.165) is 16.4 Å². The fraction of sp³-hybridized carbons (Fsp3) is 0.364. The number of benzene rings is 1. The SMILES string of the molecule is CN(CCCC(N)=O)S(=O)(=O)c1ccc(F)cc1. The number of sulfonamides is 1. The lowest BCUT2D eigenvalue weighted by Gasteiger charge is -2.16. The second-order valence-corrected chi connectivity index (χ2v) is 5.90. The van der Waals surface area contributed by atoms with Crippen molar-refractivity contribution in [2.45, 2.75) is 17.7 Å². The zero-order chi connectivity index (χ0) is 13.8. The number of carbonyl (C=O) groups excluding carboxylic acids is 1. The molecule has 1 rings (SSSR count). The van der Waals surface area contributed by atoms with Crippen molar-refractivity contribution in [3.63, 3.8) is 0 Å². The van der Waals surface area contributed by atoms with Crippen LogP contribution in [0.15, 0.2) is 29.2 Å². The van der Waals surface area contributed by atoms with Crippen molar-refractivity contribution in [3.8, 4) is 0 Å². The van der Waals surface area contributed by atoms with Crippen LogP contribution in [0.5, 0.6) is 0 Å². The molecule has 2 N–H and O–H groups in total. The van der Waals surface area contributed by atoms with Crippen molar-refractivity contribution in [2.75, 3.05) is 13.6 Å². The van der Waals surface area contributed by atoms with Gasteiger partial charge in [-0.2, -0.15) is 0 Å². The van der Waals surface area contributed by atoms with Crippen molar-refractivity contribution in [1.82, 2.24) is 4.31 Å². The van der Waals surface area contributed by atoms with Crippen LogP contribution in [0.4, 0.5) is 4.39 Å². The lowest BCUT2D eigenvalue weighted by Crippen LogP contribution is -2.28. The van der Waals surface area contributed by atoms with Gasteiger partial charge in [-0.1, -0.05) is 0 Å². The Labute approximate surface area is 105 Å². The van der Waals surface area contributed by atoms with Gasteiger partial charge in [0.25, 0.3) is 0 Å². The number of hydrogen-bond donors (Lipinski definition) is 1. The molecule has 18 heavy (non-hydrogen) atoms. The largest absolute Gasteiger partial charge is 0.370 e. The molecule has 0 heterocycles. The molecule has 1 amide bonds. The van der Waals surface area contributed by atoms with Gasteiger partial charge < -0.3 is 5.73 Å². The maximum Gasteiger partial charge on any atom is 0.242 e. The zero-order valence-electron chi connectivity index (χ0n) is 9.97. The number of primary amides is 1. The van der Waals surface area contributed by atoms with E-state index < -0.39 is 21.7 Å². The van der Waals surface area contributed by atoms with E-state index in [-0.39, 0.29) is 17.9 Å². The highest BCUT2D eigenvalue weighted by atomic mass is 32.2. The van der Waals surface area contributed by atoms with Gasteiger partial charge in [0.05, 0.1) is 4.90 Å². The molecule has 0 spiro atoms. The molecule has 100 valence electrons. The van der Waals surface area contributed by atoms with Crippen molar-refractivity contribution in [1.29, 1.82) is 0 Å². The predicted octanol–water partition coefficient (Wildman–Crippen LogP) is 0.712. The Balaban J connectivity index is 2.73. The van der Waals surface area contributed by atoms with E-state index in [4.69, 9.17) is 5.73 Å². The second kappa shape index (κ2) is 5.92. The molecule has 0 saturated heterocycles. The summed E-state index contributed by atoms with van der Waals surface area (Å²) in [5.41, 5.74) is 4.97. The molecule has 0 aromatic heterocycles. The minimum atomic E-state index is -3.64. The number of carbonyl (C=O) groups is 1. The Morgan fingerprint density at radius 3 is 2.39 bits per heavy atom. The fourth-order valence-electron chi connectivity index (χ4n) is 1.38. The van der Waals surface area contributed by atoms with Crippen molar-refractivity contribution in [2.24, 2.45) is 5.73 Å². The molecule has 0 bridgehead atoms. The second-order valence-electron chi connectivity index (χ2n) is 3.85. The lowest BCUT2D eigenvalue weighted by molar-refractivity contribution is -0.118. The third kappa shape index (κ3) is 3.78. The molecule has 0 saturated carbocycles. The lowest BCUT2D eigenvalue weighted by atomic mass is 10.3. The molecular weight excluding hydrogens is 259 g/mol. The number of nitrogens with zero attached hydrogens (tertiary/aromatic N) is 1. The fourth-order valence-corrected chi connectivity index (χ4v) is 2.59. The van der Waals surface area contributed by atoms with Crippen LogP contribution in [0.2, 0.25) is 0 Å². The Morgan fingerprint density at radius 1 is 1.33 bits per heavy atom. The standard InChI is InChI=1S/C11H15FN2O3S/c1-14(8-2-3-11(13)15)18(16,17)10-6-4-9(12)5-7-10/h4-7H,2-3,8H2,1H3,(H2,13,15). The van der Waals surface area contributed by atoms with Gasteiger partial charge in [0.15, 0.2) is 0 Å². The first-order valence-electron chi connectivity index (χ1n) is 5.34. The van der Waals surface area contributed by atoms with Crippen LogP contribution < -0.4 is 5.73 Å². The number of nitrogens with two attached hydrogens (primary N) is 1. The maximum absolute atomic E-state index is 12.7. The molecule has 0 aliphatic carbocycles. The Hall–Kier alpha value is -1.47. The van der Waals surface area contributed by atoms with Gasteiger partial charge >= 0.3 is 0 Å². The van der Waals surface area contributed by atoms with Crippen LogP contribution in [0.1, 0.15) is 12.8 Å². The molecule has 0 unspecified atom stereocenters. The average molecular weight is 274 g/mol. The van der Waals surface area contributed by atoms with Gasteiger partial charge in [0.2, 0.25) is 15.9 Å². The van der Waals surface area contributed by atoms with E-state index in [1.54, 1.807) is 0 Å². The van der Waals surface area contributed by atoms with Crippen LogP contribution in [-0.4, -0.2) is 32.2 Å². The van der Waals surface area contributed by atoms with Gasteiger partial charge in [-0.25, -0.2) is 17.1 Å². The Bertz CT molecular complexity index is 514. The summed E-state index contributed by atoms with van der Waals surface area (Å²) in [6.07, 6.45) is 0.482. The normalized spacial score (nSPS) is 11.7. The van der Waals surface area contributed by atoms with Crippen LogP contribution in [-0.2, 0) is 14.8 Å². The van der Waals surface area contributed by atoms with E-state index in [1.807, 2.05) is 0 Å². The highest BCUT2D eigenvalue weighted by molar-refractivity contribution is 7.89. The number of amides is 1. The van der Waals surface area contributed by atoms with Crippen LogP contribution in [0.25, 0.3) is 0 Å². The predicted molar refractivity (Wildman–Crippen MR) is 64.6 cm³/mol. The van der Waals surface area contributed by atoms with Crippen LogP contribution >= 0.6 is 0 Å².